The van der Waals surface area contributed by atoms with Gasteiger partial charge in [-0.2, -0.15) is 13.2 Å². The molecule has 0 bridgehead atoms. The SMILES string of the molecule is Fc1cc2ccc3cc(-c4c5ccccc5c(-c5ccc(C(F)(F)F)nc5)c5ccccc45)cc4ccc(c1)c2c34. The van der Waals surface area contributed by atoms with Crippen LogP contribution in [0.15, 0.2) is 115 Å². The Morgan fingerprint density at radius 1 is 0.488 bits per heavy atom. The molecule has 0 aliphatic heterocycles. The highest BCUT2D eigenvalue weighted by atomic mass is 19.4. The predicted molar refractivity (Wildman–Crippen MR) is 159 cm³/mol. The average molecular weight is 542 g/mol. The summed E-state index contributed by atoms with van der Waals surface area (Å²) in [6.07, 6.45) is -3.19. The van der Waals surface area contributed by atoms with Gasteiger partial charge in [0.25, 0.3) is 0 Å². The summed E-state index contributed by atoms with van der Waals surface area (Å²) >= 11 is 0. The van der Waals surface area contributed by atoms with E-state index in [2.05, 4.69) is 29.2 Å². The molecule has 8 aromatic rings. The molecular formula is C36H19F4N. The fourth-order valence-electron chi connectivity index (χ4n) is 6.40. The summed E-state index contributed by atoms with van der Waals surface area (Å²) in [4.78, 5) is 3.76. The molecule has 5 heteroatoms. The number of rotatable bonds is 2. The Balaban J connectivity index is 1.45. The van der Waals surface area contributed by atoms with Crippen molar-refractivity contribution in [2.24, 2.45) is 0 Å². The Labute approximate surface area is 231 Å². The Bertz CT molecular complexity index is 2180. The van der Waals surface area contributed by atoms with E-state index in [0.717, 1.165) is 76.6 Å². The Morgan fingerprint density at radius 2 is 0.927 bits per heavy atom. The molecule has 0 unspecified atom stereocenters. The van der Waals surface area contributed by atoms with Gasteiger partial charge in [-0.3, -0.25) is 4.98 Å². The molecule has 0 atom stereocenters. The maximum Gasteiger partial charge on any atom is 0.433 e. The third kappa shape index (κ3) is 3.59. The largest absolute Gasteiger partial charge is 0.433 e. The van der Waals surface area contributed by atoms with Crippen LogP contribution in [0.25, 0.3) is 76.1 Å². The smallest absolute Gasteiger partial charge is 0.251 e. The summed E-state index contributed by atoms with van der Waals surface area (Å²) in [7, 11) is 0. The second-order valence-corrected chi connectivity index (χ2v) is 10.4. The molecule has 0 N–H and O–H groups in total. The highest BCUT2D eigenvalue weighted by Gasteiger charge is 2.32. The molecule has 0 aliphatic rings. The monoisotopic (exact) mass is 541 g/mol. The van der Waals surface area contributed by atoms with Gasteiger partial charge in [0.1, 0.15) is 11.5 Å². The van der Waals surface area contributed by atoms with Crippen LogP contribution < -0.4 is 0 Å². The van der Waals surface area contributed by atoms with Gasteiger partial charge in [0.05, 0.1) is 0 Å². The van der Waals surface area contributed by atoms with E-state index >= 15 is 0 Å². The molecule has 0 aliphatic carbocycles. The van der Waals surface area contributed by atoms with Crippen molar-refractivity contribution in [1.29, 1.82) is 0 Å². The molecule has 1 nitrogen and oxygen atoms in total. The van der Waals surface area contributed by atoms with Crippen LogP contribution in [0, 0.1) is 5.82 Å². The first-order valence-electron chi connectivity index (χ1n) is 13.2. The summed E-state index contributed by atoms with van der Waals surface area (Å²) in [5.41, 5.74) is 2.64. The molecule has 196 valence electrons. The van der Waals surface area contributed by atoms with Gasteiger partial charge < -0.3 is 0 Å². The van der Waals surface area contributed by atoms with Crippen LogP contribution in [0.2, 0.25) is 0 Å². The van der Waals surface area contributed by atoms with Crippen molar-refractivity contribution in [3.05, 3.63) is 127 Å². The van der Waals surface area contributed by atoms with Crippen LogP contribution >= 0.6 is 0 Å². The summed E-state index contributed by atoms with van der Waals surface area (Å²) in [6.45, 7) is 0. The minimum atomic E-state index is -4.50. The topological polar surface area (TPSA) is 12.9 Å². The van der Waals surface area contributed by atoms with Gasteiger partial charge in [-0.1, -0.05) is 78.9 Å². The number of hydrogen-bond acceptors (Lipinski definition) is 1. The van der Waals surface area contributed by atoms with E-state index in [0.29, 0.717) is 5.56 Å². The van der Waals surface area contributed by atoms with Crippen molar-refractivity contribution in [3.8, 4) is 22.3 Å². The molecule has 0 radical (unpaired) electrons. The van der Waals surface area contributed by atoms with Gasteiger partial charge >= 0.3 is 6.18 Å². The number of alkyl halides is 3. The normalized spacial score (nSPS) is 12.4. The lowest BCUT2D eigenvalue weighted by atomic mass is 9.84. The van der Waals surface area contributed by atoms with Crippen molar-refractivity contribution in [3.63, 3.8) is 0 Å². The highest BCUT2D eigenvalue weighted by Crippen LogP contribution is 2.46. The summed E-state index contributed by atoms with van der Waals surface area (Å²) < 4.78 is 54.0. The number of fused-ring (bicyclic) bond motifs is 2. The Morgan fingerprint density at radius 3 is 1.34 bits per heavy atom. The highest BCUT2D eigenvalue weighted by molar-refractivity contribution is 6.26. The number of nitrogens with zero attached hydrogens (tertiary/aromatic N) is 1. The molecule has 0 amide bonds. The molecule has 0 spiro atoms. The number of benzene rings is 7. The fraction of sp³-hybridized carbons (Fsp3) is 0.0278. The Hall–Kier alpha value is -5.03. The van der Waals surface area contributed by atoms with E-state index in [-0.39, 0.29) is 5.82 Å². The lowest BCUT2D eigenvalue weighted by molar-refractivity contribution is -0.141. The average Bonchev–Trinajstić information content (AvgIpc) is 2.97. The van der Waals surface area contributed by atoms with E-state index < -0.39 is 11.9 Å². The van der Waals surface area contributed by atoms with Crippen molar-refractivity contribution >= 4 is 53.9 Å². The first kappa shape index (κ1) is 23.8. The quantitative estimate of drug-likeness (QED) is 0.121. The van der Waals surface area contributed by atoms with Gasteiger partial charge in [-0.15, -0.1) is 0 Å². The number of hydrogen-bond donors (Lipinski definition) is 0. The molecule has 1 heterocycles. The van der Waals surface area contributed by atoms with Crippen molar-refractivity contribution < 1.29 is 17.6 Å². The van der Waals surface area contributed by atoms with E-state index in [1.165, 1.54) is 12.3 Å². The van der Waals surface area contributed by atoms with E-state index in [4.69, 9.17) is 0 Å². The molecule has 1 aromatic heterocycles. The minimum Gasteiger partial charge on any atom is -0.251 e. The standard InChI is InChI=1S/C36H19F4N/c37-26-17-22-11-9-20-15-25(16-21-10-12-23(18-26)33(22)32(20)21)35-29-7-3-1-5-27(29)34(28-6-2-4-8-30(28)35)24-13-14-31(41-19-24)36(38,39)40/h1-19H. The predicted octanol–water partition coefficient (Wildman–Crippen LogP) is 10.8. The second kappa shape index (κ2) is 8.48. The van der Waals surface area contributed by atoms with Crippen molar-refractivity contribution in [1.82, 2.24) is 4.98 Å². The van der Waals surface area contributed by atoms with Gasteiger partial charge in [0.2, 0.25) is 0 Å². The van der Waals surface area contributed by atoms with Crippen molar-refractivity contribution in [2.45, 2.75) is 6.18 Å². The van der Waals surface area contributed by atoms with Crippen LogP contribution in [0.3, 0.4) is 0 Å². The molecule has 8 rings (SSSR count). The van der Waals surface area contributed by atoms with Gasteiger partial charge in [0.15, 0.2) is 0 Å². The number of pyridine rings is 1. The Kier molecular flexibility index (Phi) is 4.93. The third-order valence-electron chi connectivity index (χ3n) is 8.06. The van der Waals surface area contributed by atoms with Crippen LogP contribution in [-0.4, -0.2) is 4.98 Å². The minimum absolute atomic E-state index is 0.252. The van der Waals surface area contributed by atoms with Crippen LogP contribution in [0.4, 0.5) is 17.6 Å². The lowest BCUT2D eigenvalue weighted by Gasteiger charge is -2.19. The van der Waals surface area contributed by atoms with E-state index in [9.17, 15) is 17.6 Å². The molecule has 0 saturated carbocycles. The maximum absolute atomic E-state index is 14.2. The van der Waals surface area contributed by atoms with Crippen LogP contribution in [0.5, 0.6) is 0 Å². The molecule has 0 saturated heterocycles. The van der Waals surface area contributed by atoms with Gasteiger partial charge in [0, 0.05) is 11.8 Å². The number of aromatic nitrogens is 1. The third-order valence-corrected chi connectivity index (χ3v) is 8.06. The first-order chi connectivity index (χ1) is 19.9. The zero-order chi connectivity index (χ0) is 27.9. The zero-order valence-corrected chi connectivity index (χ0v) is 21.4. The second-order valence-electron chi connectivity index (χ2n) is 10.4. The van der Waals surface area contributed by atoms with E-state index in [1.54, 1.807) is 12.1 Å². The van der Waals surface area contributed by atoms with Crippen molar-refractivity contribution in [2.75, 3.05) is 0 Å². The zero-order valence-electron chi connectivity index (χ0n) is 21.4. The lowest BCUT2D eigenvalue weighted by Crippen LogP contribution is -2.07. The molecular weight excluding hydrogens is 522 g/mol. The number of halogens is 4. The summed E-state index contributed by atoms with van der Waals surface area (Å²) in [6, 6.07) is 34.1. The molecule has 7 aromatic carbocycles. The van der Waals surface area contributed by atoms with Gasteiger partial charge in [-0.05, 0) is 101 Å². The summed E-state index contributed by atoms with van der Waals surface area (Å²) in [5, 5.41) is 9.88. The molecule has 41 heavy (non-hydrogen) atoms. The van der Waals surface area contributed by atoms with Crippen LogP contribution in [-0.2, 0) is 6.18 Å². The fourth-order valence-corrected chi connectivity index (χ4v) is 6.40. The molecule has 0 fully saturated rings. The first-order valence-corrected chi connectivity index (χ1v) is 13.2. The summed E-state index contributed by atoms with van der Waals surface area (Å²) in [5.74, 6) is -0.252. The van der Waals surface area contributed by atoms with Gasteiger partial charge in [-0.25, -0.2) is 4.39 Å². The van der Waals surface area contributed by atoms with Crippen LogP contribution in [0.1, 0.15) is 5.69 Å². The van der Waals surface area contributed by atoms with E-state index in [1.807, 2.05) is 60.7 Å². The maximum atomic E-state index is 14.2.